The van der Waals surface area contributed by atoms with Crippen molar-refractivity contribution in [1.82, 2.24) is 14.9 Å². The predicted octanol–water partition coefficient (Wildman–Crippen LogP) is 4.50. The van der Waals surface area contributed by atoms with Gasteiger partial charge in [-0.05, 0) is 58.0 Å². The minimum Gasteiger partial charge on any atom is -0.480 e. The summed E-state index contributed by atoms with van der Waals surface area (Å²) in [7, 11) is 0. The highest BCUT2D eigenvalue weighted by molar-refractivity contribution is 5.98. The van der Waals surface area contributed by atoms with Gasteiger partial charge in [-0.3, -0.25) is 19.4 Å². The van der Waals surface area contributed by atoms with Crippen molar-refractivity contribution in [1.29, 1.82) is 0 Å². The molecule has 2 heterocycles. The van der Waals surface area contributed by atoms with Crippen molar-refractivity contribution in [3.63, 3.8) is 0 Å². The van der Waals surface area contributed by atoms with Crippen LogP contribution in [0.5, 0.6) is 0 Å². The van der Waals surface area contributed by atoms with Crippen LogP contribution in [0.15, 0.2) is 91.5 Å². The topological polar surface area (TPSA) is 156 Å². The lowest BCUT2D eigenvalue weighted by molar-refractivity contribution is -0.143. The Balaban J connectivity index is 1.46. The number of aromatic nitrogens is 2. The number of amides is 3. The molecule has 42 heavy (non-hydrogen) atoms. The Labute approximate surface area is 243 Å². The molecule has 2 aromatic heterocycles. The van der Waals surface area contributed by atoms with Crippen molar-refractivity contribution in [3.05, 3.63) is 97.1 Å². The van der Waals surface area contributed by atoms with E-state index in [1.54, 1.807) is 55.1 Å². The first-order valence-electron chi connectivity index (χ1n) is 13.3. The molecule has 0 saturated carbocycles. The molecule has 10 nitrogen and oxygen atoms in total. The van der Waals surface area contributed by atoms with Crippen LogP contribution in [0, 0.1) is 5.41 Å². The number of benzene rings is 2. The first-order valence-corrected chi connectivity index (χ1v) is 13.3. The van der Waals surface area contributed by atoms with Gasteiger partial charge in [0.2, 0.25) is 17.7 Å². The first-order chi connectivity index (χ1) is 19.9. The highest BCUT2D eigenvalue weighted by Crippen LogP contribution is 2.27. The first kappa shape index (κ1) is 29.7. The van der Waals surface area contributed by atoms with Crippen molar-refractivity contribution in [2.24, 2.45) is 11.1 Å². The van der Waals surface area contributed by atoms with Gasteiger partial charge in [0.1, 0.15) is 12.1 Å². The molecule has 10 heteroatoms. The smallest absolute Gasteiger partial charge is 0.327 e. The third kappa shape index (κ3) is 7.28. The Morgan fingerprint density at radius 3 is 1.93 bits per heavy atom. The molecule has 0 saturated heterocycles. The Kier molecular flexibility index (Phi) is 8.85. The average Bonchev–Trinajstić information content (AvgIpc) is 3.44. The van der Waals surface area contributed by atoms with Crippen molar-refractivity contribution >= 4 is 29.4 Å². The molecule has 4 aromatic rings. The van der Waals surface area contributed by atoms with Gasteiger partial charge in [-0.15, -0.1) is 0 Å². The van der Waals surface area contributed by atoms with Crippen molar-refractivity contribution < 1.29 is 24.3 Å². The maximum Gasteiger partial charge on any atom is 0.327 e. The van der Waals surface area contributed by atoms with E-state index in [-0.39, 0.29) is 6.42 Å². The molecule has 3 amide bonds. The number of carbonyl (C=O) groups excluding carboxylic acids is 3. The van der Waals surface area contributed by atoms with Crippen LogP contribution < -0.4 is 16.4 Å². The monoisotopic (exact) mass is 567 g/mol. The summed E-state index contributed by atoms with van der Waals surface area (Å²) in [4.78, 5) is 53.5. The van der Waals surface area contributed by atoms with Gasteiger partial charge in [0.05, 0.1) is 6.42 Å². The normalized spacial score (nSPS) is 12.6. The molecule has 0 bridgehead atoms. The number of nitrogens with two attached hydrogens (primary N) is 1. The van der Waals surface area contributed by atoms with Crippen LogP contribution in [0.2, 0.25) is 0 Å². The number of primary amides is 1. The Bertz CT molecular complexity index is 1570. The predicted molar refractivity (Wildman–Crippen MR) is 159 cm³/mol. The molecule has 0 aliphatic carbocycles. The molecule has 0 fully saturated rings. The number of carboxylic acids is 1. The average molecular weight is 568 g/mol. The zero-order valence-electron chi connectivity index (χ0n) is 23.6. The highest BCUT2D eigenvalue weighted by atomic mass is 16.4. The number of carboxylic acid groups (broad SMARTS) is 1. The summed E-state index contributed by atoms with van der Waals surface area (Å²) in [5, 5.41) is 15.5. The molecule has 2 aromatic carbocycles. The second kappa shape index (κ2) is 12.5. The summed E-state index contributed by atoms with van der Waals surface area (Å²) in [5.74, 6) is -2.63. The van der Waals surface area contributed by atoms with Gasteiger partial charge < -0.3 is 26.0 Å². The van der Waals surface area contributed by atoms with Crippen LogP contribution in [0.1, 0.15) is 43.6 Å². The van der Waals surface area contributed by atoms with Crippen molar-refractivity contribution in [3.8, 4) is 22.3 Å². The minimum absolute atomic E-state index is 0.362. The summed E-state index contributed by atoms with van der Waals surface area (Å²) < 4.78 is 1.48. The summed E-state index contributed by atoms with van der Waals surface area (Å²) >= 11 is 0. The van der Waals surface area contributed by atoms with E-state index in [4.69, 9.17) is 5.73 Å². The second-order valence-electron chi connectivity index (χ2n) is 11.0. The zero-order valence-corrected chi connectivity index (χ0v) is 23.6. The number of nitrogens with zero attached hydrogens (tertiary/aromatic N) is 2. The maximum absolute atomic E-state index is 13.0. The quantitative estimate of drug-likeness (QED) is 0.221. The van der Waals surface area contributed by atoms with E-state index in [1.165, 1.54) is 4.57 Å². The highest BCUT2D eigenvalue weighted by Gasteiger charge is 2.34. The maximum atomic E-state index is 13.0. The summed E-state index contributed by atoms with van der Waals surface area (Å²) in [5.41, 5.74) is 9.15. The van der Waals surface area contributed by atoms with E-state index in [9.17, 15) is 24.3 Å². The Hall–Kier alpha value is -5.25. The molecular weight excluding hydrogens is 534 g/mol. The zero-order chi connectivity index (χ0) is 30.4. The summed E-state index contributed by atoms with van der Waals surface area (Å²) in [6, 6.07) is 17.6. The molecule has 5 N–H and O–H groups in total. The van der Waals surface area contributed by atoms with Crippen LogP contribution in [-0.4, -0.2) is 44.4 Å². The van der Waals surface area contributed by atoms with Crippen molar-refractivity contribution in [2.45, 2.75) is 39.3 Å². The molecule has 2 atom stereocenters. The number of rotatable bonds is 10. The molecule has 216 valence electrons. The third-order valence-corrected chi connectivity index (χ3v) is 6.84. The largest absolute Gasteiger partial charge is 0.480 e. The van der Waals surface area contributed by atoms with Crippen LogP contribution in [0.25, 0.3) is 22.3 Å². The Morgan fingerprint density at radius 2 is 1.40 bits per heavy atom. The fourth-order valence-electron chi connectivity index (χ4n) is 4.50. The lowest BCUT2D eigenvalue weighted by Gasteiger charge is -2.30. The lowest BCUT2D eigenvalue weighted by atomic mass is 9.86. The van der Waals surface area contributed by atoms with E-state index in [0.29, 0.717) is 11.3 Å². The minimum atomic E-state index is -1.18. The number of hydrogen-bond donors (Lipinski definition) is 4. The van der Waals surface area contributed by atoms with Crippen LogP contribution in [0.4, 0.5) is 5.69 Å². The standard InChI is InChI=1S/C32H33N5O5/c1-32(2,3)28(30(40)35-25-12-15-34-16-13-25)36-27(38)18-26(31(41)42)37-17-14-24(19-37)22-6-4-20(5-7-22)21-8-10-23(11-9-21)29(33)39/h4-17,19,26,28H,18H2,1-3H3,(H2,33,39)(H,36,38)(H,41,42)(H,34,35,40)/t26-,28-/m1/s1. The molecule has 0 aliphatic heterocycles. The van der Waals surface area contributed by atoms with Crippen molar-refractivity contribution in [2.75, 3.05) is 5.32 Å². The van der Waals surface area contributed by atoms with E-state index < -0.39 is 41.2 Å². The van der Waals surface area contributed by atoms with Gasteiger partial charge in [-0.25, -0.2) is 4.79 Å². The second-order valence-corrected chi connectivity index (χ2v) is 11.0. The number of hydrogen-bond acceptors (Lipinski definition) is 5. The van der Waals surface area contributed by atoms with Crippen LogP contribution in [-0.2, 0) is 14.4 Å². The molecule has 0 spiro atoms. The van der Waals surface area contributed by atoms with Crippen LogP contribution >= 0.6 is 0 Å². The van der Waals surface area contributed by atoms with Gasteiger partial charge in [0.25, 0.3) is 0 Å². The molecule has 4 rings (SSSR count). The number of carbonyl (C=O) groups is 4. The third-order valence-electron chi connectivity index (χ3n) is 6.84. The van der Waals surface area contributed by atoms with E-state index >= 15 is 0 Å². The lowest BCUT2D eigenvalue weighted by Crippen LogP contribution is -2.51. The van der Waals surface area contributed by atoms with E-state index in [1.807, 2.05) is 57.2 Å². The number of pyridine rings is 1. The Morgan fingerprint density at radius 1 is 0.857 bits per heavy atom. The van der Waals surface area contributed by atoms with Gasteiger partial charge >= 0.3 is 5.97 Å². The molecular formula is C32H33N5O5. The van der Waals surface area contributed by atoms with Gasteiger partial charge in [0.15, 0.2) is 0 Å². The van der Waals surface area contributed by atoms with Gasteiger partial charge in [-0.2, -0.15) is 0 Å². The molecule has 0 radical (unpaired) electrons. The number of aliphatic carboxylic acids is 1. The summed E-state index contributed by atoms with van der Waals surface area (Å²) in [6.07, 6.45) is 6.03. The number of anilines is 1. The van der Waals surface area contributed by atoms with Crippen LogP contribution in [0.3, 0.4) is 0 Å². The molecule has 0 unspecified atom stereocenters. The van der Waals surface area contributed by atoms with E-state index in [2.05, 4.69) is 15.6 Å². The molecule has 0 aliphatic rings. The fraction of sp³-hybridized carbons (Fsp3) is 0.219. The van der Waals surface area contributed by atoms with E-state index in [0.717, 1.165) is 22.3 Å². The number of nitrogens with one attached hydrogen (secondary N) is 2. The van der Waals surface area contributed by atoms with Gasteiger partial charge in [0, 0.05) is 36.0 Å². The van der Waals surface area contributed by atoms with Gasteiger partial charge in [-0.1, -0.05) is 57.2 Å². The summed E-state index contributed by atoms with van der Waals surface area (Å²) in [6.45, 7) is 5.45. The fourth-order valence-corrected chi connectivity index (χ4v) is 4.50. The SMILES string of the molecule is CC(C)(C)[C@H](NC(=O)C[C@H](C(=O)O)n1ccc(-c2ccc(-c3ccc(C(N)=O)cc3)cc2)c1)C(=O)Nc1ccncc1.